The molecule has 2 aliphatic heterocycles. The fourth-order valence-corrected chi connectivity index (χ4v) is 10.9. The number of carbonyl (C=O) groups excluding carboxylic acids is 3. The van der Waals surface area contributed by atoms with Gasteiger partial charge in [-0.2, -0.15) is 0 Å². The first kappa shape index (κ1) is 46.1. The molecule has 5 aliphatic rings. The summed E-state index contributed by atoms with van der Waals surface area (Å²) < 4.78 is 61.6. The van der Waals surface area contributed by atoms with Crippen LogP contribution in [0.3, 0.4) is 0 Å². The van der Waals surface area contributed by atoms with Gasteiger partial charge in [-0.25, -0.2) is 22.6 Å². The molecule has 1 saturated heterocycles. The molecular weight excluding hydrogens is 858 g/mol. The Bertz CT molecular complexity index is 2510. The third-order valence-corrected chi connectivity index (χ3v) is 15.5. The van der Waals surface area contributed by atoms with E-state index in [1.807, 2.05) is 26.0 Å². The summed E-state index contributed by atoms with van der Waals surface area (Å²) >= 11 is 0. The van der Waals surface area contributed by atoms with Crippen LogP contribution in [-0.4, -0.2) is 107 Å². The highest BCUT2D eigenvalue weighted by atomic mass is 32.2. The maximum Gasteiger partial charge on any atom is 0.408 e. The van der Waals surface area contributed by atoms with Crippen molar-refractivity contribution < 1.29 is 51.3 Å². The second-order valence-corrected chi connectivity index (χ2v) is 21.6. The van der Waals surface area contributed by atoms with Crippen molar-refractivity contribution in [3.05, 3.63) is 60.4 Å². The Hall–Kier alpha value is -5.45. The van der Waals surface area contributed by atoms with Gasteiger partial charge in [0.05, 0.1) is 30.7 Å². The van der Waals surface area contributed by atoms with E-state index in [0.29, 0.717) is 53.5 Å². The molecule has 15 nitrogen and oxygen atoms in total. The minimum atomic E-state index is -3.97. The van der Waals surface area contributed by atoms with Crippen molar-refractivity contribution in [2.24, 2.45) is 23.2 Å². The lowest BCUT2D eigenvalue weighted by atomic mass is 9.86. The van der Waals surface area contributed by atoms with Crippen LogP contribution in [0.1, 0.15) is 92.4 Å². The first-order chi connectivity index (χ1) is 30.8. The van der Waals surface area contributed by atoms with Crippen LogP contribution in [0.4, 0.5) is 9.18 Å². The highest BCUT2D eigenvalue weighted by Crippen LogP contribution is 2.48. The lowest BCUT2D eigenvalue weighted by Gasteiger charge is -2.38. The number of nitrogens with zero attached hydrogens (tertiary/aromatic N) is 3. The Balaban J connectivity index is 1.18. The maximum atomic E-state index is 15.4. The second-order valence-electron chi connectivity index (χ2n) is 19.6. The molecule has 4 amide bonds. The summed E-state index contributed by atoms with van der Waals surface area (Å²) in [5.74, 6) is -2.74. The number of halogens is 1. The molecule has 0 bridgehead atoms. The van der Waals surface area contributed by atoms with Gasteiger partial charge < -0.3 is 29.5 Å². The summed E-state index contributed by atoms with van der Waals surface area (Å²) in [6.07, 6.45) is 5.90. The molecule has 65 heavy (non-hydrogen) atoms. The number of allylic oxidation sites excluding steroid dienone is 1. The first-order valence-corrected chi connectivity index (χ1v) is 24.3. The summed E-state index contributed by atoms with van der Waals surface area (Å²) in [5, 5.41) is 14.2. The summed E-state index contributed by atoms with van der Waals surface area (Å²) in [6, 6.07) is 9.23. The van der Waals surface area contributed by atoms with E-state index in [1.54, 1.807) is 44.2 Å². The van der Waals surface area contributed by atoms with Crippen LogP contribution in [0, 0.1) is 29.0 Å². The third-order valence-electron chi connectivity index (χ3n) is 13.7. The van der Waals surface area contributed by atoms with E-state index in [1.165, 1.54) is 29.0 Å². The van der Waals surface area contributed by atoms with E-state index in [-0.39, 0.29) is 55.0 Å². The van der Waals surface area contributed by atoms with Gasteiger partial charge in [0.25, 0.3) is 5.91 Å². The van der Waals surface area contributed by atoms with Crippen LogP contribution >= 0.6 is 0 Å². The molecule has 3 aromatic rings. The van der Waals surface area contributed by atoms with Crippen molar-refractivity contribution in [1.29, 1.82) is 0 Å². The highest BCUT2D eigenvalue weighted by molar-refractivity contribution is 7.91. The van der Waals surface area contributed by atoms with Gasteiger partial charge in [-0.1, -0.05) is 32.9 Å². The van der Waals surface area contributed by atoms with Crippen LogP contribution < -0.4 is 24.2 Å². The standard InChI is InChI=1S/C48H60FN5O10S/c1-27(2)63-40-16-11-30(21-37(40)49)38-22-31-20-33(62-6)12-15-36(31)43(50-38)64-34-23-39-42(55)51-48(45(57)52-65(60,61)35-13-14-35)24-32(48)10-8-7-9-28(3)19-29(4)41(44(56)53(39)25-34)54(46(58)59)26-47(5)17-18-47/h8,10-12,15-16,20-22,27-29,32,34-35,39,41H,7,9,13-14,17-19,23-26H2,1-6H3,(H,51,55)(H,52,57)(H,58,59)/b10-8-/t28-,29+,32+,34+,39-,41-,48+/m0/s1. The normalized spacial score (nSPS) is 28.2. The molecule has 3 saturated carbocycles. The van der Waals surface area contributed by atoms with Gasteiger partial charge >= 0.3 is 6.09 Å². The number of carbonyl (C=O) groups is 4. The molecule has 2 aromatic carbocycles. The number of hydrogen-bond acceptors (Lipinski definition) is 10. The highest BCUT2D eigenvalue weighted by Gasteiger charge is 2.62. The Morgan fingerprint density at radius 3 is 2.49 bits per heavy atom. The Morgan fingerprint density at radius 1 is 1.08 bits per heavy atom. The fourth-order valence-electron chi connectivity index (χ4n) is 9.52. The van der Waals surface area contributed by atoms with Crippen LogP contribution in [0.5, 0.6) is 17.4 Å². The zero-order valence-corrected chi connectivity index (χ0v) is 38.7. The van der Waals surface area contributed by atoms with Crippen LogP contribution in [-0.2, 0) is 24.4 Å². The van der Waals surface area contributed by atoms with Crippen LogP contribution in [0.15, 0.2) is 54.6 Å². The van der Waals surface area contributed by atoms with Gasteiger partial charge in [-0.05, 0) is 130 Å². The fraction of sp³-hybridized carbons (Fsp3) is 0.562. The second kappa shape index (κ2) is 17.7. The van der Waals surface area contributed by atoms with Crippen LogP contribution in [0.25, 0.3) is 22.0 Å². The number of methoxy groups -OCH3 is 1. The summed E-state index contributed by atoms with van der Waals surface area (Å²) in [5.41, 5.74) is -1.07. The van der Waals surface area contributed by atoms with Gasteiger partial charge in [-0.15, -0.1) is 0 Å². The molecule has 0 radical (unpaired) electrons. The molecule has 0 spiro atoms. The largest absolute Gasteiger partial charge is 0.497 e. The molecule has 4 fully saturated rings. The SMILES string of the molecule is COc1ccc2c(O[C@@H]3C[C@H]4C(=O)N[C@]5(C(=O)NS(=O)(=O)C6CC6)C[C@H]5/C=C\CC[C@H](C)C[C@@H](C)[C@H](N(CC5(C)CC5)C(=O)O)C(=O)N4C3)nc(-c3ccc(OC(C)C)c(F)c3)cc2c1. The van der Waals surface area contributed by atoms with E-state index in [4.69, 9.17) is 19.2 Å². The minimum Gasteiger partial charge on any atom is -0.497 e. The summed E-state index contributed by atoms with van der Waals surface area (Å²) in [7, 11) is -2.43. The number of rotatable bonds is 12. The Labute approximate surface area is 379 Å². The predicted octanol–water partition coefficient (Wildman–Crippen LogP) is 6.83. The number of nitrogens with one attached hydrogen (secondary N) is 2. The van der Waals surface area contributed by atoms with E-state index < -0.39 is 80.5 Å². The monoisotopic (exact) mass is 917 g/mol. The Kier molecular flexibility index (Phi) is 12.6. The number of hydrogen-bond donors (Lipinski definition) is 3. The third kappa shape index (κ3) is 9.90. The average molecular weight is 918 g/mol. The zero-order chi connectivity index (χ0) is 46.6. The van der Waals surface area contributed by atoms with Crippen molar-refractivity contribution in [3.63, 3.8) is 0 Å². The number of benzene rings is 2. The maximum absolute atomic E-state index is 15.4. The Morgan fingerprint density at radius 2 is 1.83 bits per heavy atom. The molecular formula is C48H60FN5O10S. The lowest BCUT2D eigenvalue weighted by molar-refractivity contribution is -0.144. The van der Waals surface area contributed by atoms with Crippen molar-refractivity contribution >= 4 is 44.6 Å². The molecule has 17 heteroatoms. The quantitative estimate of drug-likeness (QED) is 0.161. The van der Waals surface area contributed by atoms with E-state index in [0.717, 1.165) is 19.3 Å². The molecule has 7 atom stereocenters. The molecule has 3 aliphatic carbocycles. The zero-order valence-electron chi connectivity index (χ0n) is 37.8. The molecule has 0 unspecified atom stereocenters. The number of pyridine rings is 1. The molecule has 3 heterocycles. The van der Waals surface area contributed by atoms with Crippen molar-refractivity contribution in [2.45, 2.75) is 127 Å². The molecule has 3 N–H and O–H groups in total. The van der Waals surface area contributed by atoms with E-state index in [9.17, 15) is 27.9 Å². The van der Waals surface area contributed by atoms with Crippen molar-refractivity contribution in [2.75, 3.05) is 20.2 Å². The minimum absolute atomic E-state index is 0.0716. The molecule has 8 rings (SSSR count). The average Bonchev–Trinajstić information content (AvgIpc) is 4.19. The van der Waals surface area contributed by atoms with Crippen molar-refractivity contribution in [3.8, 4) is 28.6 Å². The van der Waals surface area contributed by atoms with Crippen LogP contribution in [0.2, 0.25) is 0 Å². The van der Waals surface area contributed by atoms with Gasteiger partial charge in [0.1, 0.15) is 29.5 Å². The topological polar surface area (TPSA) is 194 Å². The number of amides is 4. The molecule has 1 aromatic heterocycles. The number of ether oxygens (including phenoxy) is 3. The van der Waals surface area contributed by atoms with Gasteiger partial charge in [-0.3, -0.25) is 24.0 Å². The number of aromatic nitrogens is 1. The first-order valence-electron chi connectivity index (χ1n) is 22.8. The number of sulfonamides is 1. The molecule has 350 valence electrons. The van der Waals surface area contributed by atoms with E-state index >= 15 is 9.18 Å². The number of fused-ring (bicyclic) bond motifs is 3. The van der Waals surface area contributed by atoms with Crippen molar-refractivity contribution in [1.82, 2.24) is 24.8 Å². The summed E-state index contributed by atoms with van der Waals surface area (Å²) in [4.78, 5) is 64.9. The van der Waals surface area contributed by atoms with E-state index in [2.05, 4.69) is 17.0 Å². The summed E-state index contributed by atoms with van der Waals surface area (Å²) in [6.45, 7) is 9.55. The van der Waals surface area contributed by atoms with Gasteiger partial charge in [0.2, 0.25) is 27.7 Å². The predicted molar refractivity (Wildman–Crippen MR) is 240 cm³/mol. The lowest BCUT2D eigenvalue weighted by Crippen LogP contribution is -2.60. The van der Waals surface area contributed by atoms with Gasteiger partial charge in [0.15, 0.2) is 11.6 Å². The van der Waals surface area contributed by atoms with Gasteiger partial charge in [0, 0.05) is 29.8 Å². The smallest absolute Gasteiger partial charge is 0.408 e. The number of carboxylic acid groups (broad SMARTS) is 1.